The van der Waals surface area contributed by atoms with Gasteiger partial charge in [0.05, 0.1) is 17.5 Å². The van der Waals surface area contributed by atoms with Crippen LogP contribution >= 0.6 is 0 Å². The van der Waals surface area contributed by atoms with Crippen molar-refractivity contribution in [3.8, 4) is 6.07 Å². The van der Waals surface area contributed by atoms with Gasteiger partial charge < -0.3 is 20.4 Å². The number of nitrogens with two attached hydrogens (primary N) is 1. The molecular formula is C22H29N9. The summed E-state index contributed by atoms with van der Waals surface area (Å²) in [6, 6.07) is 6.06. The molecule has 9 heteroatoms. The normalized spacial score (nSPS) is 22.5. The maximum atomic E-state index is 10.1. The van der Waals surface area contributed by atoms with Crippen LogP contribution in [0.1, 0.15) is 31.9 Å². The number of amidine groups is 1. The van der Waals surface area contributed by atoms with Crippen LogP contribution in [0.5, 0.6) is 0 Å². The minimum Gasteiger partial charge on any atom is -0.357 e. The number of aryl methyl sites for hydroxylation is 1. The number of aromatic amines is 1. The molecule has 3 N–H and O–H groups in total. The van der Waals surface area contributed by atoms with E-state index in [1.54, 1.807) is 0 Å². The molecule has 1 unspecified atom stereocenters. The van der Waals surface area contributed by atoms with Gasteiger partial charge in [0.15, 0.2) is 17.7 Å². The van der Waals surface area contributed by atoms with Crippen molar-refractivity contribution in [2.24, 2.45) is 16.1 Å². The molecule has 2 aromatic heterocycles. The van der Waals surface area contributed by atoms with Crippen molar-refractivity contribution >= 4 is 28.8 Å². The van der Waals surface area contributed by atoms with E-state index in [1.165, 1.54) is 0 Å². The Morgan fingerprint density at radius 2 is 2.13 bits per heavy atom. The molecule has 9 nitrogen and oxygen atoms in total. The summed E-state index contributed by atoms with van der Waals surface area (Å²) in [5.74, 6) is 2.32. The molecule has 0 aromatic carbocycles. The lowest BCUT2D eigenvalue weighted by atomic mass is 9.80. The number of H-pyrrole nitrogens is 1. The first-order valence-electron chi connectivity index (χ1n) is 11.0. The first kappa shape index (κ1) is 19.8. The van der Waals surface area contributed by atoms with Crippen LogP contribution in [0.2, 0.25) is 0 Å². The van der Waals surface area contributed by atoms with Gasteiger partial charge in [0.25, 0.3) is 0 Å². The number of aromatic nitrogens is 3. The summed E-state index contributed by atoms with van der Waals surface area (Å²) in [6.07, 6.45) is 5.82. The largest absolute Gasteiger partial charge is 0.357 e. The summed E-state index contributed by atoms with van der Waals surface area (Å²) >= 11 is 0. The highest BCUT2D eigenvalue weighted by Crippen LogP contribution is 2.44. The van der Waals surface area contributed by atoms with Gasteiger partial charge in [-0.05, 0) is 49.8 Å². The number of hydrogen-bond donors (Lipinski definition) is 2. The van der Waals surface area contributed by atoms with E-state index >= 15 is 0 Å². The second-order valence-corrected chi connectivity index (χ2v) is 9.08. The Morgan fingerprint density at radius 3 is 2.87 bits per heavy atom. The summed E-state index contributed by atoms with van der Waals surface area (Å²) in [7, 11) is 1.96. The topological polar surface area (TPSA) is 113 Å². The molecule has 1 fully saturated rings. The molecule has 1 saturated heterocycles. The predicted octanol–water partition coefficient (Wildman–Crippen LogP) is 2.32. The Balaban J connectivity index is 1.50. The minimum atomic E-state index is -0.454. The number of likely N-dealkylation sites (N-methyl/N-ethyl adjacent to an activating group) is 1. The number of fused-ring (bicyclic) bond motifs is 2. The van der Waals surface area contributed by atoms with Crippen molar-refractivity contribution in [1.82, 2.24) is 20.1 Å². The number of nitrogens with zero attached hydrogens (tertiary/aromatic N) is 7. The van der Waals surface area contributed by atoms with Crippen molar-refractivity contribution in [3.05, 3.63) is 24.0 Å². The third-order valence-corrected chi connectivity index (χ3v) is 7.03. The SMILES string of the molecule is CN1c2c(N3CCCc4ncccc43)n[nH]c2N=C(N2CCC(C)(CN)CC2)C1C#N. The summed E-state index contributed by atoms with van der Waals surface area (Å²) in [6.45, 7) is 5.52. The van der Waals surface area contributed by atoms with E-state index < -0.39 is 6.04 Å². The minimum absolute atomic E-state index is 0.168. The molecule has 2 aromatic rings. The Morgan fingerprint density at radius 1 is 1.32 bits per heavy atom. The summed E-state index contributed by atoms with van der Waals surface area (Å²) in [4.78, 5) is 15.9. The van der Waals surface area contributed by atoms with Gasteiger partial charge in [0.1, 0.15) is 11.5 Å². The molecule has 5 rings (SSSR count). The van der Waals surface area contributed by atoms with Crippen LogP contribution in [-0.4, -0.2) is 65.2 Å². The molecule has 0 spiro atoms. The summed E-state index contributed by atoms with van der Waals surface area (Å²) < 4.78 is 0. The Bertz CT molecular complexity index is 1040. The highest BCUT2D eigenvalue weighted by Gasteiger charge is 2.39. The fraction of sp³-hybridized carbons (Fsp3) is 0.545. The lowest BCUT2D eigenvalue weighted by Crippen LogP contribution is -2.52. The lowest BCUT2D eigenvalue weighted by Gasteiger charge is -2.43. The van der Waals surface area contributed by atoms with Crippen LogP contribution in [0.15, 0.2) is 23.3 Å². The molecule has 3 aliphatic heterocycles. The average molecular weight is 420 g/mol. The molecule has 1 atom stereocenters. The van der Waals surface area contributed by atoms with Crippen molar-refractivity contribution < 1.29 is 0 Å². The van der Waals surface area contributed by atoms with Crippen LogP contribution < -0.4 is 15.5 Å². The Kier molecular flexibility index (Phi) is 4.82. The molecule has 0 bridgehead atoms. The Hall–Kier alpha value is -3.12. The monoisotopic (exact) mass is 419 g/mol. The van der Waals surface area contributed by atoms with Gasteiger partial charge >= 0.3 is 0 Å². The Labute approximate surface area is 182 Å². The maximum Gasteiger partial charge on any atom is 0.180 e. The van der Waals surface area contributed by atoms with Crippen LogP contribution in [0.25, 0.3) is 0 Å². The number of pyridine rings is 1. The van der Waals surface area contributed by atoms with Crippen molar-refractivity contribution in [2.45, 2.75) is 38.6 Å². The number of nitrogens with one attached hydrogen (secondary N) is 1. The maximum absolute atomic E-state index is 10.1. The third kappa shape index (κ3) is 3.22. The molecular weight excluding hydrogens is 390 g/mol. The summed E-state index contributed by atoms with van der Waals surface area (Å²) in [5.41, 5.74) is 9.18. The number of piperidine rings is 1. The van der Waals surface area contributed by atoms with E-state index in [0.29, 0.717) is 12.4 Å². The van der Waals surface area contributed by atoms with E-state index in [4.69, 9.17) is 10.7 Å². The standard InChI is InChI=1S/C22H29N9/c1-22(14-24)7-11-30(12-8-22)20-17(13-23)29(2)18-19(26-20)27-28-21(18)31-10-4-5-15-16(31)6-3-9-25-15/h3,6,9,17H,4-5,7-8,10-12,14,24H2,1-2H3,(H,27,28). The van der Waals surface area contributed by atoms with Gasteiger partial charge in [-0.25, -0.2) is 4.99 Å². The van der Waals surface area contributed by atoms with Crippen LogP contribution in [0.4, 0.5) is 23.0 Å². The summed E-state index contributed by atoms with van der Waals surface area (Å²) in [5, 5.41) is 17.8. The first-order chi connectivity index (χ1) is 15.0. The van der Waals surface area contributed by atoms with E-state index in [-0.39, 0.29) is 5.41 Å². The molecule has 0 amide bonds. The van der Waals surface area contributed by atoms with E-state index in [0.717, 1.165) is 74.0 Å². The second kappa shape index (κ2) is 7.54. The molecule has 5 heterocycles. The highest BCUT2D eigenvalue weighted by atomic mass is 15.4. The number of anilines is 3. The zero-order chi connectivity index (χ0) is 21.6. The van der Waals surface area contributed by atoms with Gasteiger partial charge in [0.2, 0.25) is 0 Å². The van der Waals surface area contributed by atoms with Crippen LogP contribution in [0.3, 0.4) is 0 Å². The van der Waals surface area contributed by atoms with Crippen molar-refractivity contribution in [2.75, 3.05) is 43.0 Å². The fourth-order valence-corrected chi connectivity index (χ4v) is 4.87. The first-order valence-corrected chi connectivity index (χ1v) is 11.0. The van der Waals surface area contributed by atoms with Crippen LogP contribution in [0, 0.1) is 16.7 Å². The van der Waals surface area contributed by atoms with Gasteiger partial charge in [-0.2, -0.15) is 10.4 Å². The third-order valence-electron chi connectivity index (χ3n) is 7.03. The van der Waals surface area contributed by atoms with Crippen molar-refractivity contribution in [3.63, 3.8) is 0 Å². The van der Waals surface area contributed by atoms with Crippen LogP contribution in [-0.2, 0) is 6.42 Å². The molecule has 0 aliphatic carbocycles. The quantitative estimate of drug-likeness (QED) is 0.768. The van der Waals surface area contributed by atoms with E-state index in [1.807, 2.05) is 24.2 Å². The predicted molar refractivity (Wildman–Crippen MR) is 121 cm³/mol. The number of nitriles is 1. The number of aliphatic imine (C=N–C) groups is 1. The molecule has 0 saturated carbocycles. The van der Waals surface area contributed by atoms with E-state index in [2.05, 4.69) is 44.0 Å². The zero-order valence-electron chi connectivity index (χ0n) is 18.2. The highest BCUT2D eigenvalue weighted by molar-refractivity contribution is 6.01. The smallest absolute Gasteiger partial charge is 0.180 e. The van der Waals surface area contributed by atoms with Gasteiger partial charge in [-0.15, -0.1) is 0 Å². The number of rotatable bonds is 2. The van der Waals surface area contributed by atoms with Gasteiger partial charge in [0, 0.05) is 32.9 Å². The zero-order valence-corrected chi connectivity index (χ0v) is 18.2. The lowest BCUT2D eigenvalue weighted by molar-refractivity contribution is 0.174. The van der Waals surface area contributed by atoms with Gasteiger partial charge in [-0.1, -0.05) is 6.92 Å². The number of likely N-dealkylation sites (tertiary alicyclic amines) is 1. The fourth-order valence-electron chi connectivity index (χ4n) is 4.87. The average Bonchev–Trinajstić information content (AvgIpc) is 3.23. The molecule has 31 heavy (non-hydrogen) atoms. The molecule has 162 valence electrons. The van der Waals surface area contributed by atoms with Crippen molar-refractivity contribution in [1.29, 1.82) is 5.26 Å². The van der Waals surface area contributed by atoms with E-state index in [9.17, 15) is 5.26 Å². The molecule has 0 radical (unpaired) electrons. The second-order valence-electron chi connectivity index (χ2n) is 9.08. The molecule has 3 aliphatic rings. The number of hydrogen-bond acceptors (Lipinski definition) is 8. The van der Waals surface area contributed by atoms with Gasteiger partial charge in [-0.3, -0.25) is 10.1 Å².